The van der Waals surface area contributed by atoms with Crippen LogP contribution in [0.25, 0.3) is 0 Å². The van der Waals surface area contributed by atoms with E-state index < -0.39 is 0 Å². The molecule has 0 heterocycles. The van der Waals surface area contributed by atoms with Gasteiger partial charge in [-0.1, -0.05) is 64.1 Å². The Labute approximate surface area is 209 Å². The highest BCUT2D eigenvalue weighted by Gasteiger charge is 2.09. The number of nitrogens with one attached hydrogen (secondary N) is 3. The van der Waals surface area contributed by atoms with Gasteiger partial charge in [-0.2, -0.15) is 0 Å². The first kappa shape index (κ1) is 27.9. The van der Waals surface area contributed by atoms with E-state index in [2.05, 4.69) is 53.6 Å². The van der Waals surface area contributed by atoms with Crippen LogP contribution in [0.4, 0.5) is 11.4 Å². The molecule has 0 saturated carbocycles. The average Bonchev–Trinajstić information content (AvgIpc) is 2.87. The number of anilines is 2. The van der Waals surface area contributed by atoms with Crippen molar-refractivity contribution in [2.24, 2.45) is 9.98 Å². The fourth-order valence-electron chi connectivity index (χ4n) is 3.82. The van der Waals surface area contributed by atoms with Crippen molar-refractivity contribution in [1.82, 2.24) is 5.32 Å². The predicted octanol–water partition coefficient (Wildman–Crippen LogP) is 4.24. The van der Waals surface area contributed by atoms with E-state index in [1.807, 2.05) is 36.4 Å². The summed E-state index contributed by atoms with van der Waals surface area (Å²) >= 11 is 0. The highest BCUT2D eigenvalue weighted by atomic mass is 16.2. The van der Waals surface area contributed by atoms with Gasteiger partial charge in [-0.25, -0.2) is 0 Å². The molecule has 7 nitrogen and oxygen atoms in total. The summed E-state index contributed by atoms with van der Waals surface area (Å²) in [5.74, 6) is -0.431. The Morgan fingerprint density at radius 2 is 1.00 bits per heavy atom. The molecule has 0 fully saturated rings. The molecule has 0 atom stereocenters. The Balaban J connectivity index is 1.68. The topological polar surface area (TPSA) is 94.9 Å². The van der Waals surface area contributed by atoms with Crippen molar-refractivity contribution in [1.29, 1.82) is 0 Å². The van der Waals surface area contributed by atoms with Crippen LogP contribution in [-0.4, -0.2) is 50.4 Å². The van der Waals surface area contributed by atoms with Gasteiger partial charge in [0.2, 0.25) is 0 Å². The lowest BCUT2D eigenvalue weighted by atomic mass is 10.0. The average molecular weight is 478 g/mol. The van der Waals surface area contributed by atoms with Crippen LogP contribution in [0.5, 0.6) is 0 Å². The lowest BCUT2D eigenvalue weighted by molar-refractivity contribution is -0.110. The molecule has 0 aliphatic rings. The Hall–Kier alpha value is -3.32. The molecule has 3 N–H and O–H groups in total. The zero-order valence-electron chi connectivity index (χ0n) is 21.5. The van der Waals surface area contributed by atoms with Crippen molar-refractivity contribution in [3.8, 4) is 0 Å². The van der Waals surface area contributed by atoms with Gasteiger partial charge in [-0.05, 0) is 47.9 Å². The first-order valence-electron chi connectivity index (χ1n) is 12.6. The van der Waals surface area contributed by atoms with E-state index in [9.17, 15) is 9.59 Å². The van der Waals surface area contributed by atoms with E-state index in [0.29, 0.717) is 26.2 Å². The van der Waals surface area contributed by atoms with E-state index in [-0.39, 0.29) is 11.8 Å². The summed E-state index contributed by atoms with van der Waals surface area (Å²) in [7, 11) is 0. The third kappa shape index (κ3) is 9.09. The van der Waals surface area contributed by atoms with Crippen molar-refractivity contribution < 1.29 is 9.59 Å². The van der Waals surface area contributed by atoms with Crippen LogP contribution in [-0.2, 0) is 35.3 Å². The first-order chi connectivity index (χ1) is 17.0. The van der Waals surface area contributed by atoms with Crippen molar-refractivity contribution in [3.05, 3.63) is 58.7 Å². The lowest BCUT2D eigenvalue weighted by Crippen LogP contribution is -2.22. The van der Waals surface area contributed by atoms with E-state index in [1.54, 1.807) is 0 Å². The van der Waals surface area contributed by atoms with Gasteiger partial charge in [-0.3, -0.25) is 19.6 Å². The van der Waals surface area contributed by atoms with Crippen LogP contribution in [0.2, 0.25) is 0 Å². The Morgan fingerprint density at radius 3 is 1.31 bits per heavy atom. The van der Waals surface area contributed by atoms with E-state index >= 15 is 0 Å². The number of carbonyl (C=O) groups is 2. The van der Waals surface area contributed by atoms with Crippen LogP contribution in [0.1, 0.15) is 49.9 Å². The summed E-state index contributed by atoms with van der Waals surface area (Å²) in [6.45, 7) is 10.5. The fourth-order valence-corrected chi connectivity index (χ4v) is 3.82. The Bertz CT molecular complexity index is 904. The minimum atomic E-state index is -0.216. The second kappa shape index (κ2) is 15.6. The molecule has 2 aromatic carbocycles. The van der Waals surface area contributed by atoms with E-state index in [0.717, 1.165) is 59.3 Å². The molecule has 7 heteroatoms. The monoisotopic (exact) mass is 477 g/mol. The molecule has 0 unspecified atom stereocenters. The minimum absolute atomic E-state index is 0.216. The number of hydrogen-bond acceptors (Lipinski definition) is 5. The normalized spacial score (nSPS) is 11.3. The van der Waals surface area contributed by atoms with Crippen molar-refractivity contribution in [2.45, 2.75) is 53.4 Å². The number of aliphatic imine (C=N–C) groups is 2. The predicted molar refractivity (Wildman–Crippen MR) is 147 cm³/mol. The molecule has 0 aliphatic carbocycles. The molecule has 2 rings (SSSR count). The highest BCUT2D eigenvalue weighted by Crippen LogP contribution is 2.23. The van der Waals surface area contributed by atoms with Gasteiger partial charge in [0.1, 0.15) is 0 Å². The molecule has 0 saturated heterocycles. The maximum absolute atomic E-state index is 12.3. The van der Waals surface area contributed by atoms with Gasteiger partial charge in [0.15, 0.2) is 0 Å². The molecule has 2 amide bonds. The second-order valence-electron chi connectivity index (χ2n) is 8.12. The summed E-state index contributed by atoms with van der Waals surface area (Å²) < 4.78 is 0. The zero-order valence-corrected chi connectivity index (χ0v) is 21.5. The molecule has 0 aromatic heterocycles. The van der Waals surface area contributed by atoms with Crippen LogP contribution >= 0.6 is 0 Å². The standard InChI is InChI=1S/C28H39N5O2/c1-5-21-11-9-12-22(6-2)27(21)32-25(34)19-30-17-15-29-16-18-31-20-26(35)33-28-23(7-3)13-10-14-24(28)8-4/h9-14,19-20,29H,5-8,15-18H2,1-4H3,(H,32,34)(H,33,35). The number of para-hydroxylation sites is 2. The molecule has 0 aliphatic heterocycles. The molecule has 2 aromatic rings. The lowest BCUT2D eigenvalue weighted by Gasteiger charge is -2.13. The van der Waals surface area contributed by atoms with Crippen LogP contribution < -0.4 is 16.0 Å². The Kier molecular flexibility index (Phi) is 12.4. The molecular weight excluding hydrogens is 438 g/mol. The van der Waals surface area contributed by atoms with Gasteiger partial charge in [0.05, 0.1) is 25.5 Å². The van der Waals surface area contributed by atoms with Gasteiger partial charge >= 0.3 is 0 Å². The van der Waals surface area contributed by atoms with Gasteiger partial charge in [0.25, 0.3) is 11.8 Å². The van der Waals surface area contributed by atoms with Gasteiger partial charge < -0.3 is 16.0 Å². The molecule has 0 spiro atoms. The van der Waals surface area contributed by atoms with E-state index in [4.69, 9.17) is 0 Å². The summed E-state index contributed by atoms with van der Waals surface area (Å²) in [6.07, 6.45) is 6.13. The number of nitrogens with zero attached hydrogens (tertiary/aromatic N) is 2. The van der Waals surface area contributed by atoms with Crippen LogP contribution in [0, 0.1) is 0 Å². The number of hydrogen-bond donors (Lipinski definition) is 3. The van der Waals surface area contributed by atoms with Crippen LogP contribution in [0.3, 0.4) is 0 Å². The van der Waals surface area contributed by atoms with Crippen molar-refractivity contribution in [2.75, 3.05) is 36.8 Å². The maximum Gasteiger partial charge on any atom is 0.266 e. The smallest absolute Gasteiger partial charge is 0.266 e. The summed E-state index contributed by atoms with van der Waals surface area (Å²) in [4.78, 5) is 32.9. The van der Waals surface area contributed by atoms with Crippen LogP contribution in [0.15, 0.2) is 46.4 Å². The second-order valence-corrected chi connectivity index (χ2v) is 8.12. The van der Waals surface area contributed by atoms with E-state index in [1.165, 1.54) is 12.4 Å². The largest absolute Gasteiger partial charge is 0.321 e. The number of aryl methyl sites for hydroxylation is 4. The van der Waals surface area contributed by atoms with Gasteiger partial charge in [-0.15, -0.1) is 0 Å². The van der Waals surface area contributed by atoms with Crippen molar-refractivity contribution >= 4 is 35.6 Å². The molecule has 35 heavy (non-hydrogen) atoms. The maximum atomic E-state index is 12.3. The number of rotatable bonds is 14. The summed E-state index contributed by atoms with van der Waals surface area (Å²) in [5.41, 5.74) is 6.31. The van der Waals surface area contributed by atoms with Crippen molar-refractivity contribution in [3.63, 3.8) is 0 Å². The SMILES string of the molecule is CCc1cccc(CC)c1NC(=O)C=NCCNCCN=CC(=O)Nc1c(CC)cccc1CC. The third-order valence-electron chi connectivity index (χ3n) is 5.75. The number of benzene rings is 2. The number of amides is 2. The summed E-state index contributed by atoms with van der Waals surface area (Å²) in [6, 6.07) is 12.2. The molecule has 0 bridgehead atoms. The molecule has 188 valence electrons. The highest BCUT2D eigenvalue weighted by molar-refractivity contribution is 6.32. The Morgan fingerprint density at radius 1 is 0.657 bits per heavy atom. The molecule has 0 radical (unpaired) electrons. The van der Waals surface area contributed by atoms with Gasteiger partial charge in [0, 0.05) is 24.5 Å². The first-order valence-corrected chi connectivity index (χ1v) is 12.6. The number of carbonyl (C=O) groups excluding carboxylic acids is 2. The quantitative estimate of drug-likeness (QED) is 0.280. The third-order valence-corrected chi connectivity index (χ3v) is 5.75. The minimum Gasteiger partial charge on any atom is -0.321 e. The molecular formula is C28H39N5O2. The fraction of sp³-hybridized carbons (Fsp3) is 0.429. The zero-order chi connectivity index (χ0) is 25.5. The summed E-state index contributed by atoms with van der Waals surface area (Å²) in [5, 5.41) is 9.17.